The fraction of sp³-hybridized carbons (Fsp3) is 0.417. The van der Waals surface area contributed by atoms with Crippen molar-refractivity contribution in [3.05, 3.63) is 35.4 Å². The van der Waals surface area contributed by atoms with Crippen LogP contribution in [0.3, 0.4) is 0 Å². The van der Waals surface area contributed by atoms with Crippen LogP contribution in [0.2, 0.25) is 0 Å². The Labute approximate surface area is 82.9 Å². The molecule has 2 aliphatic rings. The van der Waals surface area contributed by atoms with Crippen molar-refractivity contribution < 1.29 is 9.53 Å². The summed E-state index contributed by atoms with van der Waals surface area (Å²) in [6.45, 7) is 0.591. The third kappa shape index (κ3) is 0.939. The summed E-state index contributed by atoms with van der Waals surface area (Å²) in [6, 6.07) is 8.53. The fourth-order valence-corrected chi connectivity index (χ4v) is 3.02. The third-order valence-corrected chi connectivity index (χ3v) is 3.57. The first-order chi connectivity index (χ1) is 6.90. The average molecular weight is 188 g/mol. The number of hydrogen-bond donors (Lipinski definition) is 0. The number of ether oxygens (including phenoxy) is 1. The minimum atomic E-state index is 0.132. The smallest absolute Gasteiger partial charge is 0.293 e. The predicted octanol–water partition coefficient (Wildman–Crippen LogP) is 2.20. The summed E-state index contributed by atoms with van der Waals surface area (Å²) in [7, 11) is 0. The quantitative estimate of drug-likeness (QED) is 0.665. The van der Waals surface area contributed by atoms with Crippen molar-refractivity contribution in [2.24, 2.45) is 0 Å². The van der Waals surface area contributed by atoms with E-state index in [0.717, 1.165) is 12.8 Å². The summed E-state index contributed by atoms with van der Waals surface area (Å²) < 4.78 is 5.11. The van der Waals surface area contributed by atoms with Crippen LogP contribution in [0.1, 0.15) is 35.8 Å². The maximum absolute atomic E-state index is 10.3. The molecule has 0 heterocycles. The molecule has 72 valence electrons. The van der Waals surface area contributed by atoms with Crippen LogP contribution in [-0.2, 0) is 9.53 Å². The molecule has 0 amide bonds. The van der Waals surface area contributed by atoms with Crippen molar-refractivity contribution >= 4 is 6.47 Å². The van der Waals surface area contributed by atoms with E-state index in [4.69, 9.17) is 4.74 Å². The zero-order valence-corrected chi connectivity index (χ0v) is 7.85. The highest BCUT2D eigenvalue weighted by molar-refractivity contribution is 5.45. The first-order valence-corrected chi connectivity index (χ1v) is 5.08. The summed E-state index contributed by atoms with van der Waals surface area (Å²) in [6.07, 6.45) is 2.31. The van der Waals surface area contributed by atoms with Gasteiger partial charge in [0.15, 0.2) is 0 Å². The van der Waals surface area contributed by atoms with Gasteiger partial charge in [-0.05, 0) is 29.9 Å². The minimum Gasteiger partial charge on any atom is -0.464 e. The second-order valence-electron chi connectivity index (χ2n) is 4.17. The number of carbonyl (C=O) groups is 1. The Kier molecular flexibility index (Phi) is 1.63. The van der Waals surface area contributed by atoms with E-state index in [2.05, 4.69) is 24.3 Å². The molecule has 1 fully saturated rings. The van der Waals surface area contributed by atoms with Gasteiger partial charge in [0.25, 0.3) is 6.47 Å². The van der Waals surface area contributed by atoms with Gasteiger partial charge in [0.05, 0.1) is 0 Å². The van der Waals surface area contributed by atoms with Gasteiger partial charge < -0.3 is 4.74 Å². The second kappa shape index (κ2) is 2.84. The Morgan fingerprint density at radius 2 is 2.00 bits per heavy atom. The van der Waals surface area contributed by atoms with Crippen molar-refractivity contribution in [1.29, 1.82) is 0 Å². The maximum atomic E-state index is 10.3. The van der Waals surface area contributed by atoms with Gasteiger partial charge >= 0.3 is 0 Å². The lowest BCUT2D eigenvalue weighted by Gasteiger charge is -2.22. The molecule has 0 aliphatic heterocycles. The van der Waals surface area contributed by atoms with Gasteiger partial charge in [0, 0.05) is 5.92 Å². The van der Waals surface area contributed by atoms with Gasteiger partial charge in [0.1, 0.15) is 6.10 Å². The van der Waals surface area contributed by atoms with E-state index in [0.29, 0.717) is 18.3 Å². The highest BCUT2D eigenvalue weighted by atomic mass is 16.5. The SMILES string of the molecule is O=CO[C@@H]1C[C@H]2C[C@H]1c1ccccc12. The van der Waals surface area contributed by atoms with Crippen molar-refractivity contribution in [1.82, 2.24) is 0 Å². The molecule has 0 spiro atoms. The number of rotatable bonds is 2. The molecule has 3 rings (SSSR count). The van der Waals surface area contributed by atoms with Gasteiger partial charge in [-0.3, -0.25) is 4.79 Å². The zero-order chi connectivity index (χ0) is 9.54. The third-order valence-electron chi connectivity index (χ3n) is 3.57. The monoisotopic (exact) mass is 188 g/mol. The van der Waals surface area contributed by atoms with Crippen LogP contribution < -0.4 is 0 Å². The molecular weight excluding hydrogens is 176 g/mol. The van der Waals surface area contributed by atoms with Gasteiger partial charge in [0.2, 0.25) is 0 Å². The molecule has 2 heteroatoms. The topological polar surface area (TPSA) is 26.3 Å². The van der Waals surface area contributed by atoms with Crippen LogP contribution >= 0.6 is 0 Å². The van der Waals surface area contributed by atoms with E-state index in [9.17, 15) is 4.79 Å². The Balaban J connectivity index is 1.98. The maximum Gasteiger partial charge on any atom is 0.293 e. The molecule has 0 N–H and O–H groups in total. The van der Waals surface area contributed by atoms with Crippen molar-refractivity contribution in [2.45, 2.75) is 30.8 Å². The lowest BCUT2D eigenvalue weighted by molar-refractivity contribution is -0.134. The van der Waals surface area contributed by atoms with Crippen LogP contribution in [0, 0.1) is 0 Å². The molecule has 0 aromatic heterocycles. The molecule has 2 aliphatic carbocycles. The normalized spacial score (nSPS) is 32.7. The van der Waals surface area contributed by atoms with Crippen molar-refractivity contribution in [2.75, 3.05) is 0 Å². The zero-order valence-electron chi connectivity index (χ0n) is 7.85. The molecule has 14 heavy (non-hydrogen) atoms. The highest BCUT2D eigenvalue weighted by Gasteiger charge is 2.44. The highest BCUT2D eigenvalue weighted by Crippen LogP contribution is 2.53. The Hall–Kier alpha value is -1.31. The molecule has 1 aromatic carbocycles. The van der Waals surface area contributed by atoms with E-state index in [-0.39, 0.29) is 6.10 Å². The minimum absolute atomic E-state index is 0.132. The molecule has 0 radical (unpaired) electrons. The van der Waals surface area contributed by atoms with Crippen LogP contribution in [0.4, 0.5) is 0 Å². The van der Waals surface area contributed by atoms with Crippen LogP contribution in [0.15, 0.2) is 24.3 Å². The molecular formula is C12H12O2. The predicted molar refractivity (Wildman–Crippen MR) is 52.1 cm³/mol. The molecule has 1 aromatic rings. The number of fused-ring (bicyclic) bond motifs is 5. The first kappa shape index (κ1) is 8.04. The van der Waals surface area contributed by atoms with Gasteiger partial charge in [-0.1, -0.05) is 24.3 Å². The summed E-state index contributed by atoms with van der Waals surface area (Å²) in [5.41, 5.74) is 2.87. The van der Waals surface area contributed by atoms with Gasteiger partial charge in [-0.25, -0.2) is 0 Å². The number of hydrogen-bond acceptors (Lipinski definition) is 2. The van der Waals surface area contributed by atoms with Crippen molar-refractivity contribution in [3.63, 3.8) is 0 Å². The molecule has 1 saturated carbocycles. The fourth-order valence-electron chi connectivity index (χ4n) is 3.02. The standard InChI is InChI=1S/C12H12O2/c13-7-14-12-6-8-5-11(12)10-4-2-1-3-9(8)10/h1-4,7-8,11-12H,5-6H2/t8-,11+,12-/m1/s1. The van der Waals surface area contributed by atoms with Crippen LogP contribution in [-0.4, -0.2) is 12.6 Å². The van der Waals surface area contributed by atoms with Gasteiger partial charge in [-0.2, -0.15) is 0 Å². The number of carbonyl (C=O) groups excluding carboxylic acids is 1. The Morgan fingerprint density at radius 3 is 2.79 bits per heavy atom. The lowest BCUT2D eigenvalue weighted by Crippen LogP contribution is -2.19. The Bertz CT molecular complexity index is 372. The van der Waals surface area contributed by atoms with Crippen LogP contribution in [0.5, 0.6) is 0 Å². The van der Waals surface area contributed by atoms with Crippen LogP contribution in [0.25, 0.3) is 0 Å². The lowest BCUT2D eigenvalue weighted by atomic mass is 9.90. The molecule has 3 atom stereocenters. The second-order valence-corrected chi connectivity index (χ2v) is 4.17. The van der Waals surface area contributed by atoms with Gasteiger partial charge in [-0.15, -0.1) is 0 Å². The average Bonchev–Trinajstić information content (AvgIpc) is 2.77. The van der Waals surface area contributed by atoms with Crippen molar-refractivity contribution in [3.8, 4) is 0 Å². The Morgan fingerprint density at radius 1 is 1.21 bits per heavy atom. The molecule has 0 saturated heterocycles. The molecule has 2 nitrogen and oxygen atoms in total. The molecule has 0 unspecified atom stereocenters. The summed E-state index contributed by atoms with van der Waals surface area (Å²) in [5, 5.41) is 0. The van der Waals surface area contributed by atoms with E-state index < -0.39 is 0 Å². The number of benzene rings is 1. The molecule has 2 bridgehead atoms. The van der Waals surface area contributed by atoms with E-state index in [1.54, 1.807) is 0 Å². The summed E-state index contributed by atoms with van der Waals surface area (Å²) in [4.78, 5) is 10.3. The van der Waals surface area contributed by atoms with E-state index >= 15 is 0 Å². The largest absolute Gasteiger partial charge is 0.464 e. The summed E-state index contributed by atoms with van der Waals surface area (Å²) >= 11 is 0. The summed E-state index contributed by atoms with van der Waals surface area (Å²) in [5.74, 6) is 1.09. The first-order valence-electron chi connectivity index (χ1n) is 5.08. The van der Waals surface area contributed by atoms with E-state index in [1.165, 1.54) is 11.1 Å². The van der Waals surface area contributed by atoms with E-state index in [1.807, 2.05) is 0 Å².